The Kier molecular flexibility index (Phi) is 8.68. The van der Waals surface area contributed by atoms with Crippen LogP contribution in [0.25, 0.3) is 0 Å². The number of ether oxygens (including phenoxy) is 1. The van der Waals surface area contributed by atoms with Gasteiger partial charge < -0.3 is 10.1 Å². The first kappa shape index (κ1) is 16.0. The fourth-order valence-corrected chi connectivity index (χ4v) is 2.28. The highest BCUT2D eigenvalue weighted by atomic mass is 79.9. The Morgan fingerprint density at radius 1 is 1.28 bits per heavy atom. The standard InChI is InChI=1S/C14H21BrClNO/c1-2-3-8-18-9-4-7-17-11-12-5-6-13(15)10-14(12)16/h5-6,10,17H,2-4,7-9,11H2,1H3. The summed E-state index contributed by atoms with van der Waals surface area (Å²) in [5, 5.41) is 4.18. The molecule has 1 aromatic carbocycles. The molecule has 0 aliphatic heterocycles. The zero-order valence-corrected chi connectivity index (χ0v) is 13.2. The van der Waals surface area contributed by atoms with Gasteiger partial charge in [-0.1, -0.05) is 46.9 Å². The van der Waals surface area contributed by atoms with Crippen LogP contribution in [0.4, 0.5) is 0 Å². The fourth-order valence-electron chi connectivity index (χ4n) is 1.54. The molecule has 102 valence electrons. The van der Waals surface area contributed by atoms with Gasteiger partial charge in [-0.25, -0.2) is 0 Å². The molecular weight excluding hydrogens is 314 g/mol. The molecule has 0 unspecified atom stereocenters. The summed E-state index contributed by atoms with van der Waals surface area (Å²) in [4.78, 5) is 0. The largest absolute Gasteiger partial charge is 0.381 e. The minimum Gasteiger partial charge on any atom is -0.381 e. The molecule has 0 radical (unpaired) electrons. The van der Waals surface area contributed by atoms with Crippen LogP contribution in [-0.2, 0) is 11.3 Å². The van der Waals surface area contributed by atoms with Gasteiger partial charge in [0.25, 0.3) is 0 Å². The minimum atomic E-state index is 0.802. The Labute approximate surface area is 123 Å². The summed E-state index contributed by atoms with van der Waals surface area (Å²) < 4.78 is 6.51. The molecule has 0 aliphatic carbocycles. The molecule has 0 saturated heterocycles. The van der Waals surface area contributed by atoms with Gasteiger partial charge in [0.05, 0.1) is 0 Å². The van der Waals surface area contributed by atoms with Gasteiger partial charge in [-0.15, -0.1) is 0 Å². The Balaban J connectivity index is 2.07. The SMILES string of the molecule is CCCCOCCCNCc1ccc(Br)cc1Cl. The lowest BCUT2D eigenvalue weighted by Crippen LogP contribution is -2.16. The Morgan fingerprint density at radius 2 is 2.06 bits per heavy atom. The lowest BCUT2D eigenvalue weighted by molar-refractivity contribution is 0.129. The molecule has 1 N–H and O–H groups in total. The third kappa shape index (κ3) is 6.74. The molecule has 1 rings (SSSR count). The zero-order chi connectivity index (χ0) is 13.2. The predicted octanol–water partition coefficient (Wildman–Crippen LogP) is 4.40. The van der Waals surface area contributed by atoms with Crippen molar-refractivity contribution in [1.29, 1.82) is 0 Å². The fraction of sp³-hybridized carbons (Fsp3) is 0.571. The molecule has 0 atom stereocenters. The zero-order valence-electron chi connectivity index (χ0n) is 10.8. The number of rotatable bonds is 9. The number of unbranched alkanes of at least 4 members (excludes halogenated alkanes) is 1. The van der Waals surface area contributed by atoms with Crippen LogP contribution in [0.2, 0.25) is 5.02 Å². The summed E-state index contributed by atoms with van der Waals surface area (Å²) >= 11 is 9.53. The maximum Gasteiger partial charge on any atom is 0.0478 e. The number of hydrogen-bond donors (Lipinski definition) is 1. The number of nitrogens with one attached hydrogen (secondary N) is 1. The quantitative estimate of drug-likeness (QED) is 0.676. The molecule has 1 aromatic rings. The van der Waals surface area contributed by atoms with Crippen molar-refractivity contribution in [3.63, 3.8) is 0 Å². The lowest BCUT2D eigenvalue weighted by Gasteiger charge is -2.07. The molecule has 0 aromatic heterocycles. The van der Waals surface area contributed by atoms with Crippen molar-refractivity contribution >= 4 is 27.5 Å². The second-order valence-corrected chi connectivity index (χ2v) is 5.55. The van der Waals surface area contributed by atoms with Crippen LogP contribution < -0.4 is 5.32 Å². The van der Waals surface area contributed by atoms with Crippen molar-refractivity contribution in [1.82, 2.24) is 5.32 Å². The van der Waals surface area contributed by atoms with Crippen molar-refractivity contribution in [3.05, 3.63) is 33.3 Å². The number of halogens is 2. The Hall–Kier alpha value is -0.0900. The molecule has 2 nitrogen and oxygen atoms in total. The molecule has 0 amide bonds. The highest BCUT2D eigenvalue weighted by molar-refractivity contribution is 9.10. The molecular formula is C14H21BrClNO. The van der Waals surface area contributed by atoms with E-state index < -0.39 is 0 Å². The summed E-state index contributed by atoms with van der Waals surface area (Å²) in [5.41, 5.74) is 1.13. The van der Waals surface area contributed by atoms with Crippen LogP contribution in [0.3, 0.4) is 0 Å². The first-order valence-corrected chi connectivity index (χ1v) is 7.63. The maximum absolute atomic E-state index is 6.13. The summed E-state index contributed by atoms with van der Waals surface area (Å²) in [6.07, 6.45) is 3.39. The Morgan fingerprint density at radius 3 is 2.78 bits per heavy atom. The van der Waals surface area contributed by atoms with Gasteiger partial charge in [-0.3, -0.25) is 0 Å². The van der Waals surface area contributed by atoms with Gasteiger partial charge >= 0.3 is 0 Å². The summed E-state index contributed by atoms with van der Waals surface area (Å²) in [7, 11) is 0. The highest BCUT2D eigenvalue weighted by Gasteiger charge is 2.00. The number of benzene rings is 1. The van der Waals surface area contributed by atoms with E-state index in [1.807, 2.05) is 18.2 Å². The van der Waals surface area contributed by atoms with E-state index in [-0.39, 0.29) is 0 Å². The second kappa shape index (κ2) is 9.79. The molecule has 4 heteroatoms. The van der Waals surface area contributed by atoms with E-state index in [2.05, 4.69) is 28.2 Å². The summed E-state index contributed by atoms with van der Waals surface area (Å²) in [5.74, 6) is 0. The van der Waals surface area contributed by atoms with Crippen molar-refractivity contribution in [2.75, 3.05) is 19.8 Å². The predicted molar refractivity (Wildman–Crippen MR) is 81.2 cm³/mol. The molecule has 0 bridgehead atoms. The van der Waals surface area contributed by atoms with E-state index in [9.17, 15) is 0 Å². The van der Waals surface area contributed by atoms with Gasteiger partial charge in [0.1, 0.15) is 0 Å². The van der Waals surface area contributed by atoms with E-state index in [0.717, 1.165) is 54.2 Å². The molecule has 0 heterocycles. The third-order valence-electron chi connectivity index (χ3n) is 2.62. The highest BCUT2D eigenvalue weighted by Crippen LogP contribution is 2.20. The molecule has 0 saturated carbocycles. The van der Waals surface area contributed by atoms with E-state index >= 15 is 0 Å². The van der Waals surface area contributed by atoms with Gasteiger partial charge in [-0.2, -0.15) is 0 Å². The monoisotopic (exact) mass is 333 g/mol. The molecule has 0 fully saturated rings. The van der Waals surface area contributed by atoms with Crippen molar-refractivity contribution in [2.45, 2.75) is 32.7 Å². The van der Waals surface area contributed by atoms with E-state index in [1.54, 1.807) is 0 Å². The maximum atomic E-state index is 6.13. The average molecular weight is 335 g/mol. The second-order valence-electron chi connectivity index (χ2n) is 4.23. The molecule has 0 spiro atoms. The van der Waals surface area contributed by atoms with Gasteiger partial charge in [0.2, 0.25) is 0 Å². The Bertz CT molecular complexity index is 347. The van der Waals surface area contributed by atoms with Gasteiger partial charge in [0.15, 0.2) is 0 Å². The minimum absolute atomic E-state index is 0.802. The average Bonchev–Trinajstić information content (AvgIpc) is 2.35. The summed E-state index contributed by atoms with van der Waals surface area (Å²) in [6, 6.07) is 5.97. The normalized spacial score (nSPS) is 10.8. The van der Waals surface area contributed by atoms with Crippen LogP contribution in [-0.4, -0.2) is 19.8 Å². The number of hydrogen-bond acceptors (Lipinski definition) is 2. The van der Waals surface area contributed by atoms with Gasteiger partial charge in [-0.05, 0) is 37.1 Å². The van der Waals surface area contributed by atoms with E-state index in [0.29, 0.717) is 0 Å². The van der Waals surface area contributed by atoms with Gasteiger partial charge in [0, 0.05) is 29.3 Å². The smallest absolute Gasteiger partial charge is 0.0478 e. The van der Waals surface area contributed by atoms with Crippen LogP contribution in [0.5, 0.6) is 0 Å². The summed E-state index contributed by atoms with van der Waals surface area (Å²) in [6.45, 7) is 5.66. The first-order chi connectivity index (χ1) is 8.74. The molecule has 18 heavy (non-hydrogen) atoms. The third-order valence-corrected chi connectivity index (χ3v) is 3.46. The van der Waals surface area contributed by atoms with Crippen LogP contribution in [0.15, 0.2) is 22.7 Å². The topological polar surface area (TPSA) is 21.3 Å². The van der Waals surface area contributed by atoms with Crippen LogP contribution >= 0.6 is 27.5 Å². The van der Waals surface area contributed by atoms with Crippen LogP contribution in [0, 0.1) is 0 Å². The van der Waals surface area contributed by atoms with Crippen molar-refractivity contribution in [2.24, 2.45) is 0 Å². The first-order valence-electron chi connectivity index (χ1n) is 6.46. The lowest BCUT2D eigenvalue weighted by atomic mass is 10.2. The van der Waals surface area contributed by atoms with Crippen molar-refractivity contribution in [3.8, 4) is 0 Å². The van der Waals surface area contributed by atoms with Crippen molar-refractivity contribution < 1.29 is 4.74 Å². The van der Waals surface area contributed by atoms with E-state index in [1.165, 1.54) is 6.42 Å². The molecule has 0 aliphatic rings. The van der Waals surface area contributed by atoms with Crippen LogP contribution in [0.1, 0.15) is 31.7 Å². The van der Waals surface area contributed by atoms with E-state index in [4.69, 9.17) is 16.3 Å².